The molecule has 2 N–H and O–H groups in total. The van der Waals surface area contributed by atoms with Crippen LogP contribution >= 0.6 is 0 Å². The number of aryl methyl sites for hydroxylation is 1. The number of nitrogens with zero attached hydrogens (tertiary/aromatic N) is 2. The standard InChI is InChI=1S/C13H22N4/c1-9-6-4-5-7-11(9)17-13-8-12(14-3)15-10(2)16-13/h8-9,11H,4-7H2,1-3H3,(H2,14,15,16,17). The van der Waals surface area contributed by atoms with Crippen molar-refractivity contribution in [2.75, 3.05) is 17.7 Å². The molecule has 0 saturated heterocycles. The lowest BCUT2D eigenvalue weighted by molar-refractivity contribution is 0.349. The van der Waals surface area contributed by atoms with Crippen molar-refractivity contribution >= 4 is 11.6 Å². The summed E-state index contributed by atoms with van der Waals surface area (Å²) in [5, 5.41) is 6.62. The smallest absolute Gasteiger partial charge is 0.132 e. The molecular weight excluding hydrogens is 212 g/mol. The zero-order valence-electron chi connectivity index (χ0n) is 11.0. The summed E-state index contributed by atoms with van der Waals surface area (Å²) in [6.07, 6.45) is 5.26. The average Bonchev–Trinajstić information content (AvgIpc) is 2.31. The molecule has 4 heteroatoms. The van der Waals surface area contributed by atoms with Crippen molar-refractivity contribution in [3.63, 3.8) is 0 Å². The lowest BCUT2D eigenvalue weighted by atomic mass is 9.86. The molecule has 1 saturated carbocycles. The molecule has 0 aromatic carbocycles. The van der Waals surface area contributed by atoms with E-state index in [1.165, 1.54) is 25.7 Å². The molecule has 1 aromatic heterocycles. The van der Waals surface area contributed by atoms with E-state index in [0.717, 1.165) is 23.4 Å². The minimum atomic E-state index is 0.558. The molecule has 1 aliphatic rings. The van der Waals surface area contributed by atoms with Gasteiger partial charge in [0.05, 0.1) is 0 Å². The Morgan fingerprint density at radius 1 is 1.18 bits per heavy atom. The molecule has 0 amide bonds. The first-order chi connectivity index (χ1) is 8.19. The Balaban J connectivity index is 2.09. The summed E-state index contributed by atoms with van der Waals surface area (Å²) in [6, 6.07) is 2.54. The van der Waals surface area contributed by atoms with E-state index in [1.807, 2.05) is 20.0 Å². The van der Waals surface area contributed by atoms with Crippen molar-refractivity contribution in [2.45, 2.75) is 45.6 Å². The third-order valence-electron chi connectivity index (χ3n) is 3.54. The lowest BCUT2D eigenvalue weighted by Gasteiger charge is -2.30. The van der Waals surface area contributed by atoms with Crippen molar-refractivity contribution in [1.82, 2.24) is 9.97 Å². The van der Waals surface area contributed by atoms with Gasteiger partial charge in [0.2, 0.25) is 0 Å². The molecule has 1 aromatic rings. The van der Waals surface area contributed by atoms with Gasteiger partial charge in [-0.05, 0) is 25.7 Å². The Morgan fingerprint density at radius 3 is 2.59 bits per heavy atom. The largest absolute Gasteiger partial charge is 0.373 e. The minimum Gasteiger partial charge on any atom is -0.373 e. The van der Waals surface area contributed by atoms with Crippen LogP contribution in [0, 0.1) is 12.8 Å². The van der Waals surface area contributed by atoms with Gasteiger partial charge in [-0.25, -0.2) is 9.97 Å². The third kappa shape index (κ3) is 3.08. The van der Waals surface area contributed by atoms with Crippen LogP contribution < -0.4 is 10.6 Å². The van der Waals surface area contributed by atoms with Crippen LogP contribution in [0.5, 0.6) is 0 Å². The second-order valence-electron chi connectivity index (χ2n) is 4.95. The van der Waals surface area contributed by atoms with Crippen molar-refractivity contribution in [3.8, 4) is 0 Å². The molecule has 0 radical (unpaired) electrons. The molecule has 1 fully saturated rings. The molecule has 2 rings (SSSR count). The molecule has 0 aliphatic heterocycles. The third-order valence-corrected chi connectivity index (χ3v) is 3.54. The van der Waals surface area contributed by atoms with E-state index in [-0.39, 0.29) is 0 Å². The van der Waals surface area contributed by atoms with Crippen LogP contribution in [0.2, 0.25) is 0 Å². The van der Waals surface area contributed by atoms with Crippen molar-refractivity contribution in [3.05, 3.63) is 11.9 Å². The van der Waals surface area contributed by atoms with Crippen LogP contribution in [-0.4, -0.2) is 23.1 Å². The maximum absolute atomic E-state index is 4.45. The van der Waals surface area contributed by atoms with Crippen LogP contribution in [0.3, 0.4) is 0 Å². The Kier molecular flexibility index (Phi) is 3.82. The zero-order chi connectivity index (χ0) is 12.3. The van der Waals surface area contributed by atoms with Gasteiger partial charge in [-0.15, -0.1) is 0 Å². The SMILES string of the molecule is CNc1cc(NC2CCCCC2C)nc(C)n1. The van der Waals surface area contributed by atoms with Gasteiger partial charge < -0.3 is 10.6 Å². The molecule has 1 aliphatic carbocycles. The van der Waals surface area contributed by atoms with E-state index < -0.39 is 0 Å². The van der Waals surface area contributed by atoms with Crippen LogP contribution in [-0.2, 0) is 0 Å². The molecule has 0 bridgehead atoms. The monoisotopic (exact) mass is 234 g/mol. The predicted molar refractivity (Wildman–Crippen MR) is 71.4 cm³/mol. The number of aromatic nitrogens is 2. The quantitative estimate of drug-likeness (QED) is 0.844. The minimum absolute atomic E-state index is 0.558. The fourth-order valence-electron chi connectivity index (χ4n) is 2.49. The Morgan fingerprint density at radius 2 is 1.88 bits per heavy atom. The van der Waals surface area contributed by atoms with Crippen molar-refractivity contribution in [1.29, 1.82) is 0 Å². The fraction of sp³-hybridized carbons (Fsp3) is 0.692. The second-order valence-corrected chi connectivity index (χ2v) is 4.95. The molecule has 1 heterocycles. The highest BCUT2D eigenvalue weighted by atomic mass is 15.1. The van der Waals surface area contributed by atoms with E-state index >= 15 is 0 Å². The van der Waals surface area contributed by atoms with Gasteiger partial charge in [0.25, 0.3) is 0 Å². The van der Waals surface area contributed by atoms with Gasteiger partial charge in [-0.1, -0.05) is 19.8 Å². The number of hydrogen-bond acceptors (Lipinski definition) is 4. The average molecular weight is 234 g/mol. The summed E-state index contributed by atoms with van der Waals surface area (Å²) >= 11 is 0. The van der Waals surface area contributed by atoms with E-state index in [0.29, 0.717) is 6.04 Å². The highest BCUT2D eigenvalue weighted by Crippen LogP contribution is 2.26. The van der Waals surface area contributed by atoms with Gasteiger partial charge in [0.1, 0.15) is 17.5 Å². The molecular formula is C13H22N4. The van der Waals surface area contributed by atoms with E-state index in [4.69, 9.17) is 0 Å². The summed E-state index contributed by atoms with van der Waals surface area (Å²) in [6.45, 7) is 4.25. The van der Waals surface area contributed by atoms with Gasteiger partial charge in [-0.3, -0.25) is 0 Å². The van der Waals surface area contributed by atoms with Crippen molar-refractivity contribution in [2.24, 2.45) is 5.92 Å². The van der Waals surface area contributed by atoms with E-state index in [2.05, 4.69) is 27.5 Å². The van der Waals surface area contributed by atoms with Gasteiger partial charge >= 0.3 is 0 Å². The second kappa shape index (κ2) is 5.34. The summed E-state index contributed by atoms with van der Waals surface area (Å²) in [4.78, 5) is 8.75. The first-order valence-corrected chi connectivity index (χ1v) is 6.49. The van der Waals surface area contributed by atoms with Gasteiger partial charge in [0, 0.05) is 19.2 Å². The summed E-state index contributed by atoms with van der Waals surface area (Å²) in [5.74, 6) is 3.36. The lowest BCUT2D eigenvalue weighted by Crippen LogP contribution is -2.30. The van der Waals surface area contributed by atoms with Crippen LogP contribution in [0.4, 0.5) is 11.6 Å². The molecule has 2 atom stereocenters. The Bertz CT molecular complexity index is 378. The number of hydrogen-bond donors (Lipinski definition) is 2. The topological polar surface area (TPSA) is 49.8 Å². The van der Waals surface area contributed by atoms with Gasteiger partial charge in [0.15, 0.2) is 0 Å². The molecule has 17 heavy (non-hydrogen) atoms. The first kappa shape index (κ1) is 12.1. The van der Waals surface area contributed by atoms with Crippen LogP contribution in [0.15, 0.2) is 6.07 Å². The predicted octanol–water partition coefficient (Wildman–Crippen LogP) is 2.82. The fourth-order valence-corrected chi connectivity index (χ4v) is 2.49. The van der Waals surface area contributed by atoms with Gasteiger partial charge in [-0.2, -0.15) is 0 Å². The molecule has 0 spiro atoms. The Hall–Kier alpha value is -1.32. The first-order valence-electron chi connectivity index (χ1n) is 6.49. The highest BCUT2D eigenvalue weighted by molar-refractivity contribution is 5.47. The number of nitrogens with one attached hydrogen (secondary N) is 2. The summed E-state index contributed by atoms with van der Waals surface area (Å²) in [7, 11) is 1.88. The summed E-state index contributed by atoms with van der Waals surface area (Å²) < 4.78 is 0. The maximum Gasteiger partial charge on any atom is 0.132 e. The van der Waals surface area contributed by atoms with Crippen molar-refractivity contribution < 1.29 is 0 Å². The maximum atomic E-state index is 4.45. The molecule has 94 valence electrons. The van der Waals surface area contributed by atoms with Crippen LogP contribution in [0.25, 0.3) is 0 Å². The molecule has 2 unspecified atom stereocenters. The summed E-state index contributed by atoms with van der Waals surface area (Å²) in [5.41, 5.74) is 0. The van der Waals surface area contributed by atoms with Crippen LogP contribution in [0.1, 0.15) is 38.4 Å². The zero-order valence-corrected chi connectivity index (χ0v) is 11.0. The van der Waals surface area contributed by atoms with E-state index in [1.54, 1.807) is 0 Å². The normalized spacial score (nSPS) is 24.4. The molecule has 4 nitrogen and oxygen atoms in total. The van der Waals surface area contributed by atoms with E-state index in [9.17, 15) is 0 Å². The number of rotatable bonds is 3. The highest BCUT2D eigenvalue weighted by Gasteiger charge is 2.21. The number of anilines is 2. The Labute approximate surface area is 103 Å².